The van der Waals surface area contributed by atoms with E-state index in [4.69, 9.17) is 28.3 Å². The van der Waals surface area contributed by atoms with Crippen molar-refractivity contribution in [1.82, 2.24) is 0 Å². The minimum Gasteiger partial charge on any atom is -0.396 e. The third-order valence-corrected chi connectivity index (χ3v) is 3.71. The molecule has 94 valence electrons. The SMILES string of the molecule is CC(SCCO)C(=O)Nc1cc(Cl)ccc1Cl. The summed E-state index contributed by atoms with van der Waals surface area (Å²) in [7, 11) is 0. The van der Waals surface area contributed by atoms with Crippen molar-refractivity contribution in [3.8, 4) is 0 Å². The van der Waals surface area contributed by atoms with Gasteiger partial charge in [0.05, 0.1) is 22.6 Å². The molecular weight excluding hydrogens is 281 g/mol. The molecule has 1 aromatic rings. The molecule has 0 heterocycles. The highest BCUT2D eigenvalue weighted by molar-refractivity contribution is 8.00. The molecule has 1 aromatic carbocycles. The van der Waals surface area contributed by atoms with E-state index >= 15 is 0 Å². The van der Waals surface area contributed by atoms with Crippen LogP contribution in [0.5, 0.6) is 0 Å². The smallest absolute Gasteiger partial charge is 0.237 e. The van der Waals surface area contributed by atoms with Crippen LogP contribution in [0.15, 0.2) is 18.2 Å². The molecule has 0 aromatic heterocycles. The number of hydrogen-bond acceptors (Lipinski definition) is 3. The van der Waals surface area contributed by atoms with Gasteiger partial charge in [-0.15, -0.1) is 11.8 Å². The minimum absolute atomic E-state index is 0.0558. The lowest BCUT2D eigenvalue weighted by atomic mass is 10.3. The summed E-state index contributed by atoms with van der Waals surface area (Å²) in [5.74, 6) is 0.366. The average Bonchev–Trinajstić information content (AvgIpc) is 2.30. The number of thioether (sulfide) groups is 1. The normalized spacial score (nSPS) is 12.2. The third-order valence-electron chi connectivity index (χ3n) is 2.01. The Hall–Kier alpha value is -0.420. The van der Waals surface area contributed by atoms with Gasteiger partial charge < -0.3 is 10.4 Å². The second-order valence-corrected chi connectivity index (χ2v) is 5.64. The number of benzene rings is 1. The second-order valence-electron chi connectivity index (χ2n) is 3.35. The quantitative estimate of drug-likeness (QED) is 0.877. The molecule has 1 rings (SSSR count). The van der Waals surface area contributed by atoms with Crippen LogP contribution in [-0.4, -0.2) is 28.6 Å². The number of nitrogens with one attached hydrogen (secondary N) is 1. The summed E-state index contributed by atoms with van der Waals surface area (Å²) in [5.41, 5.74) is 0.501. The van der Waals surface area contributed by atoms with Crippen molar-refractivity contribution in [2.75, 3.05) is 17.7 Å². The van der Waals surface area contributed by atoms with E-state index in [0.717, 1.165) is 0 Å². The molecule has 1 unspecified atom stereocenters. The second kappa shape index (κ2) is 7.11. The molecule has 0 bridgehead atoms. The fraction of sp³-hybridized carbons (Fsp3) is 0.364. The number of aliphatic hydroxyl groups excluding tert-OH is 1. The maximum Gasteiger partial charge on any atom is 0.237 e. The highest BCUT2D eigenvalue weighted by atomic mass is 35.5. The van der Waals surface area contributed by atoms with E-state index in [9.17, 15) is 4.79 Å². The predicted octanol–water partition coefficient (Wildman–Crippen LogP) is 3.05. The van der Waals surface area contributed by atoms with E-state index < -0.39 is 0 Å². The van der Waals surface area contributed by atoms with Crippen molar-refractivity contribution in [2.24, 2.45) is 0 Å². The van der Waals surface area contributed by atoms with Gasteiger partial charge in [0, 0.05) is 10.8 Å². The molecule has 0 radical (unpaired) electrons. The first-order chi connectivity index (χ1) is 8.04. The van der Waals surface area contributed by atoms with Gasteiger partial charge >= 0.3 is 0 Å². The van der Waals surface area contributed by atoms with Crippen LogP contribution in [0.25, 0.3) is 0 Å². The summed E-state index contributed by atoms with van der Waals surface area (Å²) in [6.07, 6.45) is 0. The van der Waals surface area contributed by atoms with Gasteiger partial charge in [-0.3, -0.25) is 4.79 Å². The summed E-state index contributed by atoms with van der Waals surface area (Å²) in [6.45, 7) is 1.83. The Morgan fingerprint density at radius 1 is 1.53 bits per heavy atom. The molecule has 2 N–H and O–H groups in total. The maximum atomic E-state index is 11.8. The minimum atomic E-state index is -0.253. The number of carbonyl (C=O) groups is 1. The van der Waals surface area contributed by atoms with Gasteiger partial charge in [0.15, 0.2) is 0 Å². The van der Waals surface area contributed by atoms with Crippen molar-refractivity contribution in [3.63, 3.8) is 0 Å². The Labute approximate surface area is 114 Å². The Balaban J connectivity index is 2.64. The molecule has 3 nitrogen and oxygen atoms in total. The van der Waals surface area contributed by atoms with Crippen LogP contribution in [0.1, 0.15) is 6.92 Å². The zero-order valence-corrected chi connectivity index (χ0v) is 11.6. The molecule has 6 heteroatoms. The van der Waals surface area contributed by atoms with Gasteiger partial charge in [-0.25, -0.2) is 0 Å². The maximum absolute atomic E-state index is 11.8. The molecule has 0 fully saturated rings. The number of aliphatic hydroxyl groups is 1. The topological polar surface area (TPSA) is 49.3 Å². The van der Waals surface area contributed by atoms with Gasteiger partial charge in [-0.05, 0) is 25.1 Å². The van der Waals surface area contributed by atoms with Gasteiger partial charge in [0.2, 0.25) is 5.91 Å². The Morgan fingerprint density at radius 3 is 2.88 bits per heavy atom. The largest absolute Gasteiger partial charge is 0.396 e. The van der Waals surface area contributed by atoms with Crippen molar-refractivity contribution < 1.29 is 9.90 Å². The van der Waals surface area contributed by atoms with Crippen LogP contribution in [0, 0.1) is 0 Å². The van der Waals surface area contributed by atoms with Crippen molar-refractivity contribution in [2.45, 2.75) is 12.2 Å². The van der Waals surface area contributed by atoms with E-state index in [-0.39, 0.29) is 17.8 Å². The van der Waals surface area contributed by atoms with E-state index in [1.165, 1.54) is 11.8 Å². The standard InChI is InChI=1S/C11H13Cl2NO2S/c1-7(17-5-4-15)11(16)14-10-6-8(12)2-3-9(10)13/h2-3,6-7,15H,4-5H2,1H3,(H,14,16). The fourth-order valence-electron chi connectivity index (χ4n) is 1.13. The van der Waals surface area contributed by atoms with E-state index in [2.05, 4.69) is 5.32 Å². The molecule has 0 aliphatic heterocycles. The summed E-state index contributed by atoms with van der Waals surface area (Å²) in [6, 6.07) is 4.89. The molecule has 1 amide bonds. The number of amides is 1. The summed E-state index contributed by atoms with van der Waals surface area (Å²) >= 11 is 13.1. The lowest BCUT2D eigenvalue weighted by Gasteiger charge is -2.12. The van der Waals surface area contributed by atoms with Gasteiger partial charge in [0.1, 0.15) is 0 Å². The predicted molar refractivity (Wildman–Crippen MR) is 74.1 cm³/mol. The molecule has 17 heavy (non-hydrogen) atoms. The lowest BCUT2D eigenvalue weighted by Crippen LogP contribution is -2.23. The Morgan fingerprint density at radius 2 is 2.24 bits per heavy atom. The van der Waals surface area contributed by atoms with Crippen LogP contribution >= 0.6 is 35.0 Å². The third kappa shape index (κ3) is 4.76. The van der Waals surface area contributed by atoms with Gasteiger partial charge in [-0.2, -0.15) is 0 Å². The molecule has 0 aliphatic carbocycles. The highest BCUT2D eigenvalue weighted by Gasteiger charge is 2.14. The van der Waals surface area contributed by atoms with Crippen molar-refractivity contribution >= 4 is 46.6 Å². The summed E-state index contributed by atoms with van der Waals surface area (Å²) < 4.78 is 0. The van der Waals surface area contributed by atoms with E-state index in [0.29, 0.717) is 21.5 Å². The molecule has 0 saturated carbocycles. The van der Waals surface area contributed by atoms with Gasteiger partial charge in [0.25, 0.3) is 0 Å². The fourth-order valence-corrected chi connectivity index (χ4v) is 2.14. The number of hydrogen-bond donors (Lipinski definition) is 2. The summed E-state index contributed by atoms with van der Waals surface area (Å²) in [5, 5.41) is 12.1. The molecular formula is C11H13Cl2NO2S. The van der Waals surface area contributed by atoms with Gasteiger partial charge in [-0.1, -0.05) is 23.2 Å². The van der Waals surface area contributed by atoms with Crippen LogP contribution < -0.4 is 5.32 Å². The number of carbonyl (C=O) groups excluding carboxylic acids is 1. The number of rotatable bonds is 5. The monoisotopic (exact) mass is 293 g/mol. The van der Waals surface area contributed by atoms with Crippen LogP contribution in [-0.2, 0) is 4.79 Å². The molecule has 1 atom stereocenters. The van der Waals surface area contributed by atoms with Crippen molar-refractivity contribution in [3.05, 3.63) is 28.2 Å². The first kappa shape index (κ1) is 14.6. The molecule has 0 aliphatic rings. The van der Waals surface area contributed by atoms with Crippen molar-refractivity contribution in [1.29, 1.82) is 0 Å². The first-order valence-corrected chi connectivity index (χ1v) is 6.83. The van der Waals surface area contributed by atoms with Crippen LogP contribution in [0.2, 0.25) is 10.0 Å². The Bertz CT molecular complexity index is 401. The summed E-state index contributed by atoms with van der Waals surface area (Å²) in [4.78, 5) is 11.8. The first-order valence-electron chi connectivity index (χ1n) is 5.03. The zero-order valence-electron chi connectivity index (χ0n) is 9.24. The van der Waals surface area contributed by atoms with E-state index in [1.807, 2.05) is 0 Å². The number of anilines is 1. The zero-order chi connectivity index (χ0) is 12.8. The van der Waals surface area contributed by atoms with Crippen LogP contribution in [0.4, 0.5) is 5.69 Å². The average molecular weight is 294 g/mol. The molecule has 0 saturated heterocycles. The van der Waals surface area contributed by atoms with Crippen LogP contribution in [0.3, 0.4) is 0 Å². The lowest BCUT2D eigenvalue weighted by molar-refractivity contribution is -0.115. The van der Waals surface area contributed by atoms with E-state index in [1.54, 1.807) is 25.1 Å². The molecule has 0 spiro atoms. The highest BCUT2D eigenvalue weighted by Crippen LogP contribution is 2.26. The Kier molecular flexibility index (Phi) is 6.12. The number of halogens is 2.